The van der Waals surface area contributed by atoms with Gasteiger partial charge in [-0.05, 0) is 22.6 Å². The minimum atomic E-state index is -0.467. The second-order valence-corrected chi connectivity index (χ2v) is 5.45. The van der Waals surface area contributed by atoms with Crippen LogP contribution in [0.1, 0.15) is 5.56 Å². The van der Waals surface area contributed by atoms with E-state index in [1.165, 1.54) is 29.2 Å². The minimum Gasteiger partial charge on any atom is -0.362 e. The Hall–Kier alpha value is -3.55. The first-order valence-corrected chi connectivity index (χ1v) is 7.50. The van der Waals surface area contributed by atoms with Crippen molar-refractivity contribution in [3.05, 3.63) is 40.2 Å². The molecule has 0 bridgehead atoms. The van der Waals surface area contributed by atoms with Gasteiger partial charge in [0.25, 0.3) is 5.69 Å². The average molecular weight is 342 g/mol. The minimum absolute atomic E-state index is 0.0486. The van der Waals surface area contributed by atoms with Gasteiger partial charge >= 0.3 is 0 Å². The summed E-state index contributed by atoms with van der Waals surface area (Å²) in [6, 6.07) is 6.26. The lowest BCUT2D eigenvalue weighted by atomic mass is 10.1. The van der Waals surface area contributed by atoms with Gasteiger partial charge in [0, 0.05) is 32.2 Å². The first-order valence-electron chi connectivity index (χ1n) is 7.50. The molecule has 11 nitrogen and oxygen atoms in total. The van der Waals surface area contributed by atoms with Crippen LogP contribution in [0, 0.1) is 21.4 Å². The van der Waals surface area contributed by atoms with E-state index >= 15 is 0 Å². The van der Waals surface area contributed by atoms with Crippen LogP contribution in [0.15, 0.2) is 24.5 Å². The van der Waals surface area contributed by atoms with E-state index in [-0.39, 0.29) is 18.1 Å². The summed E-state index contributed by atoms with van der Waals surface area (Å²) in [6.45, 7) is 1.79. The summed E-state index contributed by atoms with van der Waals surface area (Å²) >= 11 is 0. The number of nitro benzene ring substituents is 1. The van der Waals surface area contributed by atoms with E-state index in [4.69, 9.17) is 5.26 Å². The van der Waals surface area contributed by atoms with Gasteiger partial charge in [0.2, 0.25) is 5.91 Å². The molecule has 0 N–H and O–H groups in total. The van der Waals surface area contributed by atoms with Crippen molar-refractivity contribution in [2.24, 2.45) is 0 Å². The number of carbonyl (C=O) groups is 1. The molecule has 1 aromatic carbocycles. The number of tetrazole rings is 1. The molecule has 0 aliphatic carbocycles. The van der Waals surface area contributed by atoms with Gasteiger partial charge in [0.05, 0.1) is 16.6 Å². The van der Waals surface area contributed by atoms with Crippen molar-refractivity contribution < 1.29 is 9.72 Å². The van der Waals surface area contributed by atoms with Gasteiger partial charge in [-0.2, -0.15) is 5.26 Å². The van der Waals surface area contributed by atoms with E-state index in [9.17, 15) is 14.9 Å². The van der Waals surface area contributed by atoms with Gasteiger partial charge in [-0.25, -0.2) is 4.68 Å². The van der Waals surface area contributed by atoms with Crippen LogP contribution in [0.25, 0.3) is 0 Å². The highest BCUT2D eigenvalue weighted by Gasteiger charge is 2.26. The maximum absolute atomic E-state index is 12.2. The monoisotopic (exact) mass is 342 g/mol. The van der Waals surface area contributed by atoms with Gasteiger partial charge in [0.1, 0.15) is 18.6 Å². The summed E-state index contributed by atoms with van der Waals surface area (Å²) in [6.07, 6.45) is 1.37. The zero-order valence-electron chi connectivity index (χ0n) is 13.1. The van der Waals surface area contributed by atoms with Crippen LogP contribution in [0.3, 0.4) is 0 Å². The number of anilines is 1. The number of piperazine rings is 1. The van der Waals surface area contributed by atoms with E-state index in [2.05, 4.69) is 15.5 Å². The zero-order valence-corrected chi connectivity index (χ0v) is 13.1. The molecule has 1 aromatic heterocycles. The maximum atomic E-state index is 12.2. The van der Waals surface area contributed by atoms with Crippen LogP contribution in [-0.4, -0.2) is 62.1 Å². The largest absolute Gasteiger partial charge is 0.362 e. The van der Waals surface area contributed by atoms with E-state index in [0.29, 0.717) is 37.4 Å². The topological polar surface area (TPSA) is 134 Å². The lowest BCUT2D eigenvalue weighted by Gasteiger charge is -2.35. The van der Waals surface area contributed by atoms with Gasteiger partial charge in [-0.1, -0.05) is 0 Å². The smallest absolute Gasteiger partial charge is 0.292 e. The number of nitriles is 1. The SMILES string of the molecule is N#Cc1ccc([N+](=O)[O-])c(N2CCN(C(=O)Cn3cnnn3)CC2)c1. The van der Waals surface area contributed by atoms with Crippen molar-refractivity contribution in [3.63, 3.8) is 0 Å². The fourth-order valence-electron chi connectivity index (χ4n) is 2.69. The second-order valence-electron chi connectivity index (χ2n) is 5.45. The van der Waals surface area contributed by atoms with Crippen molar-refractivity contribution in [1.29, 1.82) is 5.26 Å². The number of benzene rings is 1. The van der Waals surface area contributed by atoms with Crippen molar-refractivity contribution in [2.75, 3.05) is 31.1 Å². The number of amides is 1. The molecule has 1 amide bonds. The van der Waals surface area contributed by atoms with Crippen LogP contribution in [0.5, 0.6) is 0 Å². The highest BCUT2D eigenvalue weighted by molar-refractivity contribution is 5.76. The Balaban J connectivity index is 1.69. The lowest BCUT2D eigenvalue weighted by molar-refractivity contribution is -0.384. The number of aromatic nitrogens is 4. The van der Waals surface area contributed by atoms with Gasteiger partial charge in [0.15, 0.2) is 0 Å². The molecule has 11 heteroatoms. The van der Waals surface area contributed by atoms with Crippen molar-refractivity contribution in [3.8, 4) is 6.07 Å². The first kappa shape index (κ1) is 16.3. The van der Waals surface area contributed by atoms with Gasteiger partial charge < -0.3 is 9.80 Å². The Morgan fingerprint density at radius 3 is 2.68 bits per heavy atom. The lowest BCUT2D eigenvalue weighted by Crippen LogP contribution is -2.49. The van der Waals surface area contributed by atoms with Crippen LogP contribution in [-0.2, 0) is 11.3 Å². The fraction of sp³-hybridized carbons (Fsp3) is 0.357. The molecule has 2 heterocycles. The Labute approximate surface area is 142 Å². The van der Waals surface area contributed by atoms with E-state index < -0.39 is 4.92 Å². The highest BCUT2D eigenvalue weighted by atomic mass is 16.6. The standard InChI is InChI=1S/C14H14N8O3/c15-8-11-1-2-12(22(24)25)13(7-11)19-3-5-20(6-4-19)14(23)9-21-10-16-17-18-21/h1-2,7,10H,3-6,9H2. The number of hydrogen-bond donors (Lipinski definition) is 0. The van der Waals surface area contributed by atoms with Gasteiger partial charge in [-0.15, -0.1) is 5.10 Å². The van der Waals surface area contributed by atoms with Crippen molar-refractivity contribution in [2.45, 2.75) is 6.54 Å². The number of hydrogen-bond acceptors (Lipinski definition) is 8. The van der Waals surface area contributed by atoms with E-state index in [0.717, 1.165) is 0 Å². The van der Waals surface area contributed by atoms with E-state index in [1.807, 2.05) is 11.0 Å². The molecule has 2 aromatic rings. The average Bonchev–Trinajstić information content (AvgIpc) is 3.14. The summed E-state index contributed by atoms with van der Waals surface area (Å²) in [7, 11) is 0. The van der Waals surface area contributed by atoms with Crippen LogP contribution >= 0.6 is 0 Å². The third kappa shape index (κ3) is 3.52. The summed E-state index contributed by atoms with van der Waals surface area (Å²) in [5.74, 6) is -0.118. The molecule has 1 saturated heterocycles. The van der Waals surface area contributed by atoms with Crippen LogP contribution < -0.4 is 4.90 Å². The zero-order chi connectivity index (χ0) is 17.8. The number of carbonyl (C=O) groups excluding carboxylic acids is 1. The Bertz CT molecular complexity index is 821. The third-order valence-electron chi connectivity index (χ3n) is 3.96. The Morgan fingerprint density at radius 2 is 2.08 bits per heavy atom. The maximum Gasteiger partial charge on any atom is 0.292 e. The van der Waals surface area contributed by atoms with E-state index in [1.54, 1.807) is 4.90 Å². The molecular weight excluding hydrogens is 328 g/mol. The fourth-order valence-corrected chi connectivity index (χ4v) is 2.69. The molecular formula is C14H14N8O3. The third-order valence-corrected chi connectivity index (χ3v) is 3.96. The molecule has 0 saturated carbocycles. The normalized spacial score (nSPS) is 14.2. The van der Waals surface area contributed by atoms with Crippen molar-refractivity contribution in [1.82, 2.24) is 25.1 Å². The van der Waals surface area contributed by atoms with Crippen LogP contribution in [0.2, 0.25) is 0 Å². The molecule has 25 heavy (non-hydrogen) atoms. The molecule has 1 aliphatic heterocycles. The Kier molecular flexibility index (Phi) is 4.51. The molecule has 0 radical (unpaired) electrons. The molecule has 0 unspecified atom stereocenters. The summed E-state index contributed by atoms with van der Waals surface area (Å²) < 4.78 is 1.34. The number of nitrogens with zero attached hydrogens (tertiary/aromatic N) is 8. The quantitative estimate of drug-likeness (QED) is 0.551. The van der Waals surface area contributed by atoms with Crippen LogP contribution in [0.4, 0.5) is 11.4 Å². The summed E-state index contributed by atoms with van der Waals surface area (Å²) in [5, 5.41) is 30.9. The summed E-state index contributed by atoms with van der Waals surface area (Å²) in [4.78, 5) is 26.5. The number of rotatable bonds is 4. The molecule has 1 fully saturated rings. The molecule has 0 atom stereocenters. The number of nitro groups is 1. The summed E-state index contributed by atoms with van der Waals surface area (Å²) in [5.41, 5.74) is 0.710. The molecule has 1 aliphatic rings. The molecule has 3 rings (SSSR count). The highest BCUT2D eigenvalue weighted by Crippen LogP contribution is 2.30. The molecule has 128 valence electrons. The Morgan fingerprint density at radius 1 is 1.32 bits per heavy atom. The van der Waals surface area contributed by atoms with Crippen molar-refractivity contribution >= 4 is 17.3 Å². The van der Waals surface area contributed by atoms with Gasteiger partial charge in [-0.3, -0.25) is 14.9 Å². The predicted octanol–water partition coefficient (Wildman–Crippen LogP) is -0.198. The second kappa shape index (κ2) is 6.91. The molecule has 0 spiro atoms. The predicted molar refractivity (Wildman–Crippen MR) is 84.4 cm³/mol. The first-order chi connectivity index (χ1) is 12.1.